The van der Waals surface area contributed by atoms with Gasteiger partial charge in [0.05, 0.1) is 23.9 Å². The molecule has 0 saturated heterocycles. The van der Waals surface area contributed by atoms with Crippen molar-refractivity contribution in [2.24, 2.45) is 5.92 Å². The molecular formula is C29H34N4O4. The lowest BCUT2D eigenvalue weighted by Crippen LogP contribution is -2.49. The number of carbonyl (C=O) groups is 3. The molecule has 8 nitrogen and oxygen atoms in total. The van der Waals surface area contributed by atoms with Gasteiger partial charge in [0.1, 0.15) is 17.5 Å². The van der Waals surface area contributed by atoms with Crippen molar-refractivity contribution in [2.45, 2.75) is 39.3 Å². The molecule has 0 saturated carbocycles. The number of ether oxygens (including phenoxy) is 1. The lowest BCUT2D eigenvalue weighted by molar-refractivity contribution is -0.137. The van der Waals surface area contributed by atoms with Crippen molar-refractivity contribution in [1.82, 2.24) is 20.4 Å². The fraction of sp³-hybridized carbons (Fsp3) is 0.345. The lowest BCUT2D eigenvalue weighted by atomic mass is 9.95. The van der Waals surface area contributed by atoms with Gasteiger partial charge < -0.3 is 20.3 Å². The van der Waals surface area contributed by atoms with Crippen molar-refractivity contribution in [3.05, 3.63) is 84.1 Å². The highest BCUT2D eigenvalue weighted by Gasteiger charge is 2.46. The van der Waals surface area contributed by atoms with Crippen LogP contribution in [0.1, 0.15) is 38.8 Å². The molecule has 37 heavy (non-hydrogen) atoms. The summed E-state index contributed by atoms with van der Waals surface area (Å²) in [7, 11) is 0. The smallest absolute Gasteiger partial charge is 0.322 e. The monoisotopic (exact) mass is 502 g/mol. The highest BCUT2D eigenvalue weighted by molar-refractivity contribution is 6.03. The lowest BCUT2D eigenvalue weighted by Gasteiger charge is -2.33. The molecule has 0 spiro atoms. The fourth-order valence-corrected chi connectivity index (χ4v) is 4.84. The Labute approximate surface area is 218 Å². The van der Waals surface area contributed by atoms with Gasteiger partial charge in [0.25, 0.3) is 5.91 Å². The maximum atomic E-state index is 13.9. The summed E-state index contributed by atoms with van der Waals surface area (Å²) in [5.74, 6) is 1.01. The maximum Gasteiger partial charge on any atom is 0.322 e. The number of nitrogens with zero attached hydrogens (tertiary/aromatic N) is 2. The molecule has 2 aliphatic rings. The molecule has 2 aromatic rings. The zero-order valence-corrected chi connectivity index (χ0v) is 21.6. The number of urea groups is 1. The van der Waals surface area contributed by atoms with E-state index in [9.17, 15) is 14.4 Å². The van der Waals surface area contributed by atoms with E-state index in [1.165, 1.54) is 0 Å². The van der Waals surface area contributed by atoms with Gasteiger partial charge in [-0.1, -0.05) is 50.3 Å². The van der Waals surface area contributed by atoms with Crippen molar-refractivity contribution in [2.75, 3.05) is 19.6 Å². The van der Waals surface area contributed by atoms with Crippen LogP contribution in [0.15, 0.2) is 78.5 Å². The van der Waals surface area contributed by atoms with Gasteiger partial charge in [0.2, 0.25) is 5.91 Å². The van der Waals surface area contributed by atoms with E-state index >= 15 is 0 Å². The molecule has 2 heterocycles. The number of rotatable bonds is 10. The molecule has 0 bridgehead atoms. The molecule has 0 aliphatic carbocycles. The maximum absolute atomic E-state index is 13.9. The van der Waals surface area contributed by atoms with Crippen LogP contribution in [-0.2, 0) is 9.59 Å². The summed E-state index contributed by atoms with van der Waals surface area (Å²) in [6.07, 6.45) is 2.12. The standard InChI is InChI=1S/C29H34N4O4/c1-5-15-30-27(34)23(16-19(3)4)33-18-24-25(28(33)35)26(31-29(36)32(24)6-2)20-11-10-14-22(17-20)37-21-12-8-7-9-13-21/h5,7-14,17,19,23,26H,1,6,15-16,18H2,2-4H3,(H,30,34)(H,31,36)/t23-,26-/m1/s1. The third-order valence-electron chi connectivity index (χ3n) is 6.53. The first kappa shape index (κ1) is 26.0. The van der Waals surface area contributed by atoms with E-state index in [2.05, 4.69) is 17.2 Å². The van der Waals surface area contributed by atoms with Crippen molar-refractivity contribution in [3.63, 3.8) is 0 Å². The number of benzene rings is 2. The van der Waals surface area contributed by atoms with E-state index < -0.39 is 12.1 Å². The Bertz CT molecular complexity index is 1210. The van der Waals surface area contributed by atoms with Gasteiger partial charge in [-0.25, -0.2) is 4.79 Å². The van der Waals surface area contributed by atoms with Gasteiger partial charge in [-0.15, -0.1) is 6.58 Å². The first-order valence-electron chi connectivity index (χ1n) is 12.7. The average Bonchev–Trinajstić information content (AvgIpc) is 3.22. The summed E-state index contributed by atoms with van der Waals surface area (Å²) in [6, 6.07) is 15.2. The Morgan fingerprint density at radius 3 is 2.57 bits per heavy atom. The van der Waals surface area contributed by atoms with E-state index in [1.54, 1.807) is 15.9 Å². The Hall–Kier alpha value is -4.07. The molecule has 194 valence electrons. The number of hydrogen-bond acceptors (Lipinski definition) is 4. The van der Waals surface area contributed by atoms with Crippen molar-refractivity contribution >= 4 is 17.8 Å². The van der Waals surface area contributed by atoms with Crippen molar-refractivity contribution in [1.29, 1.82) is 0 Å². The van der Waals surface area contributed by atoms with Crippen LogP contribution >= 0.6 is 0 Å². The highest BCUT2D eigenvalue weighted by Crippen LogP contribution is 2.38. The number of nitrogens with one attached hydrogen (secondary N) is 2. The predicted molar refractivity (Wildman–Crippen MR) is 142 cm³/mol. The summed E-state index contributed by atoms with van der Waals surface area (Å²) in [5, 5.41) is 5.84. The van der Waals surface area contributed by atoms with Crippen LogP contribution in [0.3, 0.4) is 0 Å². The van der Waals surface area contributed by atoms with E-state index in [0.29, 0.717) is 42.3 Å². The summed E-state index contributed by atoms with van der Waals surface area (Å²) >= 11 is 0. The molecule has 0 fully saturated rings. The minimum Gasteiger partial charge on any atom is -0.457 e. The van der Waals surface area contributed by atoms with Gasteiger partial charge in [0.15, 0.2) is 0 Å². The minimum atomic E-state index is -0.655. The average molecular weight is 503 g/mol. The van der Waals surface area contributed by atoms with Crippen molar-refractivity contribution in [3.8, 4) is 11.5 Å². The first-order valence-corrected chi connectivity index (χ1v) is 12.7. The Morgan fingerprint density at radius 2 is 1.89 bits per heavy atom. The molecule has 2 atom stereocenters. The third-order valence-corrected chi connectivity index (χ3v) is 6.53. The van der Waals surface area contributed by atoms with Crippen LogP contribution in [-0.4, -0.2) is 53.3 Å². The quantitative estimate of drug-likeness (QED) is 0.472. The molecule has 4 amide bonds. The van der Waals surface area contributed by atoms with Crippen LogP contribution in [0, 0.1) is 5.92 Å². The number of carbonyl (C=O) groups excluding carboxylic acids is 3. The van der Waals surface area contributed by atoms with Crippen LogP contribution < -0.4 is 15.4 Å². The van der Waals surface area contributed by atoms with E-state index in [0.717, 1.165) is 5.56 Å². The van der Waals surface area contributed by atoms with Gasteiger partial charge in [-0.3, -0.25) is 14.5 Å². The molecule has 0 unspecified atom stereocenters. The Balaban J connectivity index is 1.68. The second kappa shape index (κ2) is 11.3. The molecule has 2 N–H and O–H groups in total. The molecule has 4 rings (SSSR count). The summed E-state index contributed by atoms with van der Waals surface area (Å²) in [6.45, 7) is 10.5. The summed E-state index contributed by atoms with van der Waals surface area (Å²) < 4.78 is 5.99. The van der Waals surface area contributed by atoms with Gasteiger partial charge in [0, 0.05) is 13.1 Å². The topological polar surface area (TPSA) is 91.0 Å². The Morgan fingerprint density at radius 1 is 1.16 bits per heavy atom. The second-order valence-electron chi connectivity index (χ2n) is 9.59. The SMILES string of the molecule is C=CCNC(=O)[C@@H](CC(C)C)N1CC2=C(C1=O)[C@@H](c1cccc(Oc3ccccc3)c1)NC(=O)N2CC. The molecular weight excluding hydrogens is 468 g/mol. The van der Waals surface area contributed by atoms with E-state index in [4.69, 9.17) is 4.74 Å². The van der Waals surface area contributed by atoms with E-state index in [-0.39, 0.29) is 30.3 Å². The normalized spacial score (nSPS) is 18.0. The molecule has 2 aliphatic heterocycles. The summed E-state index contributed by atoms with van der Waals surface area (Å²) in [4.78, 5) is 43.3. The van der Waals surface area contributed by atoms with Crippen molar-refractivity contribution < 1.29 is 19.1 Å². The number of para-hydroxylation sites is 1. The first-order chi connectivity index (χ1) is 17.8. The number of hydrogen-bond donors (Lipinski definition) is 2. The predicted octanol–water partition coefficient (Wildman–Crippen LogP) is 4.38. The zero-order chi connectivity index (χ0) is 26.5. The fourth-order valence-electron chi connectivity index (χ4n) is 4.84. The van der Waals surface area contributed by atoms with Crippen LogP contribution in [0.25, 0.3) is 0 Å². The number of amides is 4. The largest absolute Gasteiger partial charge is 0.457 e. The van der Waals surface area contributed by atoms with Crippen LogP contribution in [0.5, 0.6) is 11.5 Å². The molecule has 8 heteroatoms. The van der Waals surface area contributed by atoms with Gasteiger partial charge in [-0.05, 0) is 49.1 Å². The van der Waals surface area contributed by atoms with Crippen LogP contribution in [0.2, 0.25) is 0 Å². The third kappa shape index (κ3) is 5.53. The highest BCUT2D eigenvalue weighted by atomic mass is 16.5. The van der Waals surface area contributed by atoms with Gasteiger partial charge >= 0.3 is 6.03 Å². The zero-order valence-electron chi connectivity index (χ0n) is 21.6. The Kier molecular flexibility index (Phi) is 7.96. The molecule has 2 aromatic carbocycles. The molecule has 0 radical (unpaired) electrons. The second-order valence-corrected chi connectivity index (χ2v) is 9.59. The minimum absolute atomic E-state index is 0.189. The summed E-state index contributed by atoms with van der Waals surface area (Å²) in [5.41, 5.74) is 1.86. The number of likely N-dealkylation sites (N-methyl/N-ethyl adjacent to an activating group) is 1. The molecule has 0 aromatic heterocycles. The van der Waals surface area contributed by atoms with Gasteiger partial charge in [-0.2, -0.15) is 0 Å². The van der Waals surface area contributed by atoms with E-state index in [1.807, 2.05) is 75.4 Å². The van der Waals surface area contributed by atoms with Crippen LogP contribution in [0.4, 0.5) is 4.79 Å².